The van der Waals surface area contributed by atoms with Crippen molar-refractivity contribution >= 4 is 33.1 Å². The number of halogens is 1. The number of methoxy groups -OCH3 is 1. The highest BCUT2D eigenvalue weighted by molar-refractivity contribution is 7.92. The highest BCUT2D eigenvalue weighted by Crippen LogP contribution is 2.34. The molecule has 8 heteroatoms. The number of rotatable bonds is 9. The van der Waals surface area contributed by atoms with Crippen LogP contribution in [-0.2, 0) is 14.6 Å². The molecule has 0 spiro atoms. The quantitative estimate of drug-likeness (QED) is 0.376. The van der Waals surface area contributed by atoms with Gasteiger partial charge in [0.15, 0.2) is 9.84 Å². The molecule has 2 aromatic carbocycles. The van der Waals surface area contributed by atoms with Crippen LogP contribution in [0, 0.1) is 0 Å². The van der Waals surface area contributed by atoms with Crippen molar-refractivity contribution in [3.05, 3.63) is 75.8 Å². The van der Waals surface area contributed by atoms with E-state index in [2.05, 4.69) is 0 Å². The molecule has 1 aliphatic rings. The molecule has 32 heavy (non-hydrogen) atoms. The third-order valence-corrected chi connectivity index (χ3v) is 7.90. The molecule has 0 saturated carbocycles. The summed E-state index contributed by atoms with van der Waals surface area (Å²) in [5.41, 5.74) is 3.39. The van der Waals surface area contributed by atoms with Crippen LogP contribution in [0.25, 0.3) is 11.6 Å². The maximum Gasteiger partial charge on any atom is 0.163 e. The van der Waals surface area contributed by atoms with Crippen LogP contribution in [0.4, 0.5) is 0 Å². The van der Waals surface area contributed by atoms with Gasteiger partial charge in [0.05, 0.1) is 30.1 Å². The minimum atomic E-state index is -3.57. The van der Waals surface area contributed by atoms with Gasteiger partial charge >= 0.3 is 0 Å². The highest BCUT2D eigenvalue weighted by atomic mass is 35.5. The summed E-state index contributed by atoms with van der Waals surface area (Å²) in [5.74, 6) is -0.151. The predicted molar refractivity (Wildman–Crippen MR) is 126 cm³/mol. The number of hydrogen-bond acceptors (Lipinski definition) is 6. The summed E-state index contributed by atoms with van der Waals surface area (Å²) in [5, 5.41) is 29.6. The number of aliphatic hydroxyl groups is 2. The Bertz CT molecular complexity index is 1110. The Morgan fingerprint density at radius 2 is 1.97 bits per heavy atom. The third-order valence-electron chi connectivity index (χ3n) is 5.55. The number of aromatic hydroxyl groups is 1. The van der Waals surface area contributed by atoms with Gasteiger partial charge in [-0.1, -0.05) is 41.9 Å². The zero-order valence-electron chi connectivity index (χ0n) is 17.7. The second kappa shape index (κ2) is 10.6. The smallest absolute Gasteiger partial charge is 0.163 e. The molecule has 0 fully saturated rings. The van der Waals surface area contributed by atoms with Gasteiger partial charge in [-0.15, -0.1) is 0 Å². The van der Waals surface area contributed by atoms with Gasteiger partial charge in [0.25, 0.3) is 0 Å². The van der Waals surface area contributed by atoms with Crippen molar-refractivity contribution in [3.63, 3.8) is 0 Å². The Morgan fingerprint density at radius 3 is 2.59 bits per heavy atom. The van der Waals surface area contributed by atoms with E-state index in [-0.39, 0.29) is 24.5 Å². The summed E-state index contributed by atoms with van der Waals surface area (Å²) in [6, 6.07) is 14.3. The minimum Gasteiger partial charge on any atom is -0.508 e. The fraction of sp³-hybridized carbons (Fsp3) is 0.333. The molecular formula is C24H27ClO6S. The number of phenols is 1. The Labute approximate surface area is 193 Å². The summed E-state index contributed by atoms with van der Waals surface area (Å²) < 4.78 is 30.0. The van der Waals surface area contributed by atoms with Crippen LogP contribution in [0.1, 0.15) is 24.0 Å². The molecule has 3 N–H and O–H groups in total. The molecule has 2 atom stereocenters. The van der Waals surface area contributed by atoms with Crippen molar-refractivity contribution < 1.29 is 28.5 Å². The van der Waals surface area contributed by atoms with E-state index >= 15 is 0 Å². The number of benzene rings is 2. The summed E-state index contributed by atoms with van der Waals surface area (Å²) in [4.78, 5) is 0. The van der Waals surface area contributed by atoms with Crippen molar-refractivity contribution in [1.82, 2.24) is 0 Å². The second-order valence-electron chi connectivity index (χ2n) is 7.77. The van der Waals surface area contributed by atoms with Crippen molar-refractivity contribution in [1.29, 1.82) is 0 Å². The third kappa shape index (κ3) is 5.60. The maximum absolute atomic E-state index is 12.4. The molecule has 0 aromatic heterocycles. The van der Waals surface area contributed by atoms with Crippen molar-refractivity contribution in [2.45, 2.75) is 24.2 Å². The van der Waals surface area contributed by atoms with Gasteiger partial charge in [0.2, 0.25) is 0 Å². The lowest BCUT2D eigenvalue weighted by Gasteiger charge is -2.20. The summed E-state index contributed by atoms with van der Waals surface area (Å²) >= 11 is 6.28. The monoisotopic (exact) mass is 478 g/mol. The first-order valence-corrected chi connectivity index (χ1v) is 12.3. The van der Waals surface area contributed by atoms with E-state index in [9.17, 15) is 23.7 Å². The number of allylic oxidation sites excluding steroid dienone is 1. The number of aliphatic hydroxyl groups excluding tert-OH is 2. The van der Waals surface area contributed by atoms with Gasteiger partial charge in [-0.05, 0) is 65.0 Å². The molecule has 3 rings (SSSR count). The minimum absolute atomic E-state index is 0.0685. The lowest BCUT2D eigenvalue weighted by atomic mass is 9.92. The van der Waals surface area contributed by atoms with E-state index in [1.807, 2.05) is 36.4 Å². The van der Waals surface area contributed by atoms with Gasteiger partial charge in [-0.25, -0.2) is 8.42 Å². The first-order valence-electron chi connectivity index (χ1n) is 10.2. The summed E-state index contributed by atoms with van der Waals surface area (Å²) in [7, 11) is -2.11. The first-order chi connectivity index (χ1) is 15.3. The van der Waals surface area contributed by atoms with E-state index in [1.165, 1.54) is 13.2 Å². The molecule has 0 aliphatic carbocycles. The van der Waals surface area contributed by atoms with Crippen LogP contribution in [0.3, 0.4) is 0 Å². The van der Waals surface area contributed by atoms with Crippen LogP contribution in [0.2, 0.25) is 5.02 Å². The lowest BCUT2D eigenvalue weighted by molar-refractivity contribution is 0.184. The Hall–Kier alpha value is -2.16. The number of phenolic OH excluding ortho intramolecular Hbond substituents is 1. The molecule has 0 radical (unpaired) electrons. The van der Waals surface area contributed by atoms with Gasteiger partial charge in [-0.3, -0.25) is 0 Å². The highest BCUT2D eigenvalue weighted by Gasteiger charge is 2.41. The molecule has 0 amide bonds. The SMILES string of the molecule is COCC1=C([C@H](O)CC/C(=C/c2ccc(O)cc2Cl)c2ccccc2)[C@H](CO)S(=O)(=O)C1. The van der Waals surface area contributed by atoms with E-state index < -0.39 is 27.8 Å². The lowest BCUT2D eigenvalue weighted by Crippen LogP contribution is -2.29. The van der Waals surface area contributed by atoms with Gasteiger partial charge in [0, 0.05) is 7.11 Å². The Balaban J connectivity index is 1.90. The molecule has 2 aromatic rings. The van der Waals surface area contributed by atoms with Crippen molar-refractivity contribution in [3.8, 4) is 5.75 Å². The Morgan fingerprint density at radius 1 is 1.25 bits per heavy atom. The molecule has 6 nitrogen and oxygen atoms in total. The zero-order valence-corrected chi connectivity index (χ0v) is 19.3. The molecule has 0 unspecified atom stereocenters. The molecule has 172 valence electrons. The summed E-state index contributed by atoms with van der Waals surface area (Å²) in [6.45, 7) is -0.487. The average Bonchev–Trinajstić information content (AvgIpc) is 3.02. The molecule has 0 saturated heterocycles. The summed E-state index contributed by atoms with van der Waals surface area (Å²) in [6.07, 6.45) is 1.54. The first kappa shape index (κ1) is 24.5. The van der Waals surface area contributed by atoms with Crippen LogP contribution in [0.5, 0.6) is 5.75 Å². The van der Waals surface area contributed by atoms with Crippen molar-refractivity contribution in [2.75, 3.05) is 26.1 Å². The number of ether oxygens (including phenoxy) is 1. The Kier molecular flexibility index (Phi) is 8.14. The van der Waals surface area contributed by atoms with E-state index in [0.717, 1.165) is 11.1 Å². The molecule has 0 bridgehead atoms. The van der Waals surface area contributed by atoms with Gasteiger partial charge in [0.1, 0.15) is 11.0 Å². The number of sulfone groups is 1. The van der Waals surface area contributed by atoms with Gasteiger partial charge in [-0.2, -0.15) is 0 Å². The van der Waals surface area contributed by atoms with Crippen LogP contribution >= 0.6 is 11.6 Å². The largest absolute Gasteiger partial charge is 0.508 e. The topological polar surface area (TPSA) is 104 Å². The number of hydrogen-bond donors (Lipinski definition) is 3. The van der Waals surface area contributed by atoms with E-state index in [0.29, 0.717) is 28.2 Å². The van der Waals surface area contributed by atoms with Crippen LogP contribution in [0.15, 0.2) is 59.7 Å². The van der Waals surface area contributed by atoms with Crippen LogP contribution in [-0.4, -0.2) is 61.2 Å². The molecular weight excluding hydrogens is 452 g/mol. The maximum atomic E-state index is 12.4. The van der Waals surface area contributed by atoms with Crippen LogP contribution < -0.4 is 0 Å². The standard InChI is InChI=1S/C24H27ClO6S/c1-31-14-19-15-32(29,30)23(13-26)24(19)22(28)10-8-17(16-5-3-2-4-6-16)11-18-7-9-20(27)12-21(18)25/h2-7,9,11-12,22-23,26-28H,8,10,13-15H2,1H3/b17-11-/t22-,23+/m1/s1. The van der Waals surface area contributed by atoms with Gasteiger partial charge < -0.3 is 20.1 Å². The fourth-order valence-corrected chi connectivity index (χ4v) is 6.13. The van der Waals surface area contributed by atoms with E-state index in [4.69, 9.17) is 16.3 Å². The fourth-order valence-electron chi connectivity index (χ4n) is 4.03. The average molecular weight is 479 g/mol. The predicted octanol–water partition coefficient (Wildman–Crippen LogP) is 3.46. The molecule has 1 heterocycles. The van der Waals surface area contributed by atoms with Crippen molar-refractivity contribution in [2.24, 2.45) is 0 Å². The normalized spacial score (nSPS) is 19.4. The second-order valence-corrected chi connectivity index (χ2v) is 10.4. The van der Waals surface area contributed by atoms with E-state index in [1.54, 1.807) is 12.1 Å². The molecule has 1 aliphatic heterocycles. The zero-order chi connectivity index (χ0) is 23.3.